The van der Waals surface area contributed by atoms with Crippen molar-refractivity contribution in [2.75, 3.05) is 13.2 Å². The largest absolute Gasteiger partial charge is 0.461 e. The Morgan fingerprint density at radius 1 is 1.41 bits per heavy atom. The number of allylic oxidation sites excluding steroid dienone is 1. The standard InChI is InChI=1S/C15H21N3O2.C2H6/c1-3-5-11-6-13-14(15(19)20-4-2)18-10-16-7-12(18)9-17(13)8-11;1-2/h7,10-11H,3-6,8-9H2,1-2H3;1-2H3. The molecule has 1 fully saturated rings. The van der Waals surface area contributed by atoms with Gasteiger partial charge in [0, 0.05) is 12.2 Å². The van der Waals surface area contributed by atoms with Gasteiger partial charge in [-0.2, -0.15) is 0 Å². The van der Waals surface area contributed by atoms with Crippen LogP contribution in [0.1, 0.15) is 52.7 Å². The third-order valence-electron chi connectivity index (χ3n) is 4.09. The Balaban J connectivity index is 0.000000847. The lowest BCUT2D eigenvalue weighted by Gasteiger charge is -2.28. The summed E-state index contributed by atoms with van der Waals surface area (Å²) in [7, 11) is 0. The van der Waals surface area contributed by atoms with E-state index in [2.05, 4.69) is 16.8 Å². The first-order valence-electron chi connectivity index (χ1n) is 8.41. The van der Waals surface area contributed by atoms with Crippen molar-refractivity contribution in [3.63, 3.8) is 0 Å². The van der Waals surface area contributed by atoms with Crippen LogP contribution in [0.4, 0.5) is 0 Å². The van der Waals surface area contributed by atoms with Crippen molar-refractivity contribution in [2.45, 2.75) is 53.5 Å². The Bertz CT molecular complexity index is 548. The third-order valence-corrected chi connectivity index (χ3v) is 4.09. The molecule has 0 N–H and O–H groups in total. The summed E-state index contributed by atoms with van der Waals surface area (Å²) in [6, 6.07) is 0. The van der Waals surface area contributed by atoms with E-state index in [-0.39, 0.29) is 5.97 Å². The van der Waals surface area contributed by atoms with Gasteiger partial charge in [0.25, 0.3) is 0 Å². The molecule has 0 bridgehead atoms. The van der Waals surface area contributed by atoms with Gasteiger partial charge in [-0.1, -0.05) is 27.2 Å². The van der Waals surface area contributed by atoms with E-state index < -0.39 is 0 Å². The van der Waals surface area contributed by atoms with E-state index in [1.165, 1.54) is 12.8 Å². The summed E-state index contributed by atoms with van der Waals surface area (Å²) in [5, 5.41) is 0. The summed E-state index contributed by atoms with van der Waals surface area (Å²) in [6.45, 7) is 10.3. The molecule has 0 saturated carbocycles. The fourth-order valence-corrected chi connectivity index (χ4v) is 3.29. The van der Waals surface area contributed by atoms with Crippen LogP contribution in [0.15, 0.2) is 18.2 Å². The molecule has 0 aromatic carbocycles. The molecule has 122 valence electrons. The topological polar surface area (TPSA) is 47.4 Å². The zero-order valence-electron chi connectivity index (χ0n) is 14.1. The van der Waals surface area contributed by atoms with Crippen LogP contribution in [0.3, 0.4) is 0 Å². The maximum absolute atomic E-state index is 12.3. The molecular formula is C17H27N3O2. The lowest BCUT2D eigenvalue weighted by atomic mass is 10.0. The van der Waals surface area contributed by atoms with Crippen molar-refractivity contribution >= 4 is 11.7 Å². The summed E-state index contributed by atoms with van der Waals surface area (Å²) >= 11 is 0. The first-order valence-corrected chi connectivity index (χ1v) is 8.41. The minimum absolute atomic E-state index is 0.233. The van der Waals surface area contributed by atoms with Gasteiger partial charge in [0.2, 0.25) is 0 Å². The molecular weight excluding hydrogens is 278 g/mol. The molecule has 1 saturated heterocycles. The number of imidazole rings is 1. The van der Waals surface area contributed by atoms with Gasteiger partial charge >= 0.3 is 5.97 Å². The van der Waals surface area contributed by atoms with E-state index in [0.717, 1.165) is 30.9 Å². The minimum atomic E-state index is -0.233. The molecule has 22 heavy (non-hydrogen) atoms. The monoisotopic (exact) mass is 305 g/mol. The number of fused-ring (bicyclic) bond motifs is 2. The number of aromatic nitrogens is 2. The van der Waals surface area contributed by atoms with E-state index in [4.69, 9.17) is 4.74 Å². The van der Waals surface area contributed by atoms with Gasteiger partial charge in [0.05, 0.1) is 31.4 Å². The molecule has 3 heterocycles. The normalized spacial score (nSPS) is 19.3. The zero-order chi connectivity index (χ0) is 16.1. The number of hydrogen-bond donors (Lipinski definition) is 0. The average Bonchev–Trinajstić information content (AvgIpc) is 3.12. The molecule has 2 aliphatic heterocycles. The first kappa shape index (κ1) is 16.6. The van der Waals surface area contributed by atoms with E-state index in [1.54, 1.807) is 6.33 Å². The van der Waals surface area contributed by atoms with Crippen molar-refractivity contribution in [2.24, 2.45) is 5.92 Å². The molecule has 1 aromatic heterocycles. The smallest absolute Gasteiger partial charge is 0.357 e. The molecule has 1 aromatic rings. The van der Waals surface area contributed by atoms with Crippen molar-refractivity contribution in [3.8, 4) is 0 Å². The molecule has 3 rings (SSSR count). The molecule has 1 atom stereocenters. The number of carbonyl (C=O) groups excluding carboxylic acids is 1. The Labute approximate surface area is 133 Å². The Morgan fingerprint density at radius 3 is 2.86 bits per heavy atom. The quantitative estimate of drug-likeness (QED) is 0.801. The van der Waals surface area contributed by atoms with Crippen LogP contribution in [0, 0.1) is 5.92 Å². The van der Waals surface area contributed by atoms with E-state index in [1.807, 2.05) is 31.5 Å². The molecule has 1 unspecified atom stereocenters. The number of carbonyl (C=O) groups is 1. The summed E-state index contributed by atoms with van der Waals surface area (Å²) in [5.74, 6) is 0.417. The highest BCUT2D eigenvalue weighted by Crippen LogP contribution is 2.38. The second-order valence-electron chi connectivity index (χ2n) is 5.51. The maximum Gasteiger partial charge on any atom is 0.357 e. The van der Waals surface area contributed by atoms with Crippen LogP contribution in [0.5, 0.6) is 0 Å². The van der Waals surface area contributed by atoms with Gasteiger partial charge in [-0.05, 0) is 25.7 Å². The lowest BCUT2D eigenvalue weighted by molar-refractivity contribution is -0.136. The number of ether oxygens (including phenoxy) is 1. The molecule has 5 heteroatoms. The second kappa shape index (κ2) is 7.47. The highest BCUT2D eigenvalue weighted by atomic mass is 16.5. The van der Waals surface area contributed by atoms with Crippen LogP contribution in [0.25, 0.3) is 5.70 Å². The second-order valence-corrected chi connectivity index (χ2v) is 5.51. The summed E-state index contributed by atoms with van der Waals surface area (Å²) in [4.78, 5) is 18.8. The van der Waals surface area contributed by atoms with Crippen LogP contribution in [0.2, 0.25) is 0 Å². The van der Waals surface area contributed by atoms with Crippen LogP contribution < -0.4 is 0 Å². The molecule has 5 nitrogen and oxygen atoms in total. The van der Waals surface area contributed by atoms with Crippen LogP contribution >= 0.6 is 0 Å². The number of hydrogen-bond acceptors (Lipinski definition) is 4. The van der Waals surface area contributed by atoms with Gasteiger partial charge in [0.1, 0.15) is 0 Å². The fraction of sp³-hybridized carbons (Fsp3) is 0.647. The zero-order valence-corrected chi connectivity index (χ0v) is 14.1. The van der Waals surface area contributed by atoms with Gasteiger partial charge in [-0.3, -0.25) is 4.57 Å². The Hall–Kier alpha value is -1.78. The van der Waals surface area contributed by atoms with Crippen molar-refractivity contribution in [1.29, 1.82) is 0 Å². The molecule has 0 spiro atoms. The van der Waals surface area contributed by atoms with E-state index >= 15 is 0 Å². The Morgan fingerprint density at radius 2 is 2.18 bits per heavy atom. The molecule has 0 amide bonds. The van der Waals surface area contributed by atoms with Crippen molar-refractivity contribution in [1.82, 2.24) is 14.5 Å². The highest BCUT2D eigenvalue weighted by molar-refractivity contribution is 6.11. The van der Waals surface area contributed by atoms with Gasteiger partial charge < -0.3 is 9.64 Å². The predicted octanol–water partition coefficient (Wildman–Crippen LogP) is 3.28. The van der Waals surface area contributed by atoms with Crippen LogP contribution in [-0.4, -0.2) is 33.6 Å². The minimum Gasteiger partial charge on any atom is -0.461 e. The van der Waals surface area contributed by atoms with E-state index in [0.29, 0.717) is 18.2 Å². The average molecular weight is 305 g/mol. The first-order chi connectivity index (χ1) is 10.7. The number of rotatable bonds is 4. The highest BCUT2D eigenvalue weighted by Gasteiger charge is 2.36. The number of esters is 1. The molecule has 0 aliphatic carbocycles. The summed E-state index contributed by atoms with van der Waals surface area (Å²) in [6.07, 6.45) is 6.93. The van der Waals surface area contributed by atoms with Gasteiger partial charge in [0.15, 0.2) is 5.70 Å². The van der Waals surface area contributed by atoms with Crippen molar-refractivity contribution < 1.29 is 9.53 Å². The summed E-state index contributed by atoms with van der Waals surface area (Å²) < 4.78 is 7.14. The van der Waals surface area contributed by atoms with Gasteiger partial charge in [-0.25, -0.2) is 9.78 Å². The lowest BCUT2D eigenvalue weighted by Crippen LogP contribution is -2.29. The van der Waals surface area contributed by atoms with Gasteiger partial charge in [-0.15, -0.1) is 0 Å². The molecule has 2 aliphatic rings. The third kappa shape index (κ3) is 3.03. The number of nitrogens with zero attached hydrogens (tertiary/aromatic N) is 3. The predicted molar refractivity (Wildman–Crippen MR) is 86.8 cm³/mol. The molecule has 0 radical (unpaired) electrons. The van der Waals surface area contributed by atoms with Crippen LogP contribution in [-0.2, 0) is 16.1 Å². The summed E-state index contributed by atoms with van der Waals surface area (Å²) in [5.41, 5.74) is 2.87. The van der Waals surface area contributed by atoms with Crippen molar-refractivity contribution in [3.05, 3.63) is 23.9 Å². The Kier molecular flexibility index (Phi) is 5.63. The SMILES string of the molecule is CC.CCCC1CC2=C(C(=O)OCC)n3cncc3CN2C1. The maximum atomic E-state index is 12.3. The fourth-order valence-electron chi connectivity index (χ4n) is 3.29. The van der Waals surface area contributed by atoms with E-state index in [9.17, 15) is 4.79 Å².